The number of nitrogens with zero attached hydrogens (tertiary/aromatic N) is 1. The van der Waals surface area contributed by atoms with E-state index in [0.717, 1.165) is 22.3 Å². The number of anilines is 1. The second-order valence-corrected chi connectivity index (χ2v) is 4.36. The minimum absolute atomic E-state index is 0.0822. The van der Waals surface area contributed by atoms with Gasteiger partial charge in [-0.25, -0.2) is 0 Å². The van der Waals surface area contributed by atoms with Crippen molar-refractivity contribution in [2.24, 2.45) is 0 Å². The van der Waals surface area contributed by atoms with Crippen molar-refractivity contribution in [1.29, 1.82) is 0 Å². The lowest BCUT2D eigenvalue weighted by Crippen LogP contribution is -2.29. The number of rotatable bonds is 0. The Hall–Kier alpha value is -0.870. The van der Waals surface area contributed by atoms with Gasteiger partial charge in [-0.2, -0.15) is 0 Å². The average Bonchev–Trinajstić information content (AvgIpc) is 2.72. The molecule has 14 heavy (non-hydrogen) atoms. The standard InChI is InChI=1S/C10H8BrNO2/c11-6-1-2-8-7(5-6)9(13)10-12(8)3-4-14-10/h1-2,5,10H,3-4H2. The fourth-order valence-electron chi connectivity index (χ4n) is 2.02. The molecule has 1 fully saturated rings. The van der Waals surface area contributed by atoms with E-state index in [1.165, 1.54) is 0 Å². The van der Waals surface area contributed by atoms with Crippen LogP contribution in [0, 0.1) is 0 Å². The average molecular weight is 254 g/mol. The Labute approximate surface area is 89.8 Å². The van der Waals surface area contributed by atoms with Crippen molar-refractivity contribution in [1.82, 2.24) is 0 Å². The predicted molar refractivity (Wildman–Crippen MR) is 55.6 cm³/mol. The number of hydrogen-bond donors (Lipinski definition) is 0. The molecule has 0 aromatic heterocycles. The van der Waals surface area contributed by atoms with Gasteiger partial charge in [-0.15, -0.1) is 0 Å². The van der Waals surface area contributed by atoms with Crippen LogP contribution in [0.3, 0.4) is 0 Å². The van der Waals surface area contributed by atoms with E-state index in [0.29, 0.717) is 6.61 Å². The predicted octanol–water partition coefficient (Wildman–Crippen LogP) is 1.81. The zero-order valence-corrected chi connectivity index (χ0v) is 8.95. The van der Waals surface area contributed by atoms with E-state index in [2.05, 4.69) is 15.9 Å². The summed E-state index contributed by atoms with van der Waals surface area (Å²) < 4.78 is 6.31. The van der Waals surface area contributed by atoms with E-state index >= 15 is 0 Å². The van der Waals surface area contributed by atoms with Crippen molar-refractivity contribution in [3.63, 3.8) is 0 Å². The molecule has 1 unspecified atom stereocenters. The quantitative estimate of drug-likeness (QED) is 0.707. The molecule has 1 atom stereocenters. The van der Waals surface area contributed by atoms with Crippen molar-refractivity contribution < 1.29 is 9.53 Å². The lowest BCUT2D eigenvalue weighted by atomic mass is 10.1. The summed E-state index contributed by atoms with van der Waals surface area (Å²) in [5.74, 6) is 0.0822. The fourth-order valence-corrected chi connectivity index (χ4v) is 2.38. The molecule has 0 bridgehead atoms. The van der Waals surface area contributed by atoms with Crippen molar-refractivity contribution in [3.05, 3.63) is 28.2 Å². The maximum Gasteiger partial charge on any atom is 0.214 e. The molecule has 3 rings (SSSR count). The van der Waals surface area contributed by atoms with Crippen LogP contribution in [0.15, 0.2) is 22.7 Å². The third-order valence-electron chi connectivity index (χ3n) is 2.65. The topological polar surface area (TPSA) is 29.5 Å². The first-order valence-corrected chi connectivity index (χ1v) is 5.29. The SMILES string of the molecule is O=C1c2cc(Br)ccc2N2CCOC12. The number of Topliss-reactive ketones (excluding diaryl/α,β-unsaturated/α-hetero) is 1. The molecule has 0 N–H and O–H groups in total. The normalized spacial score (nSPS) is 23.9. The van der Waals surface area contributed by atoms with Gasteiger partial charge < -0.3 is 9.64 Å². The van der Waals surface area contributed by atoms with Crippen LogP contribution in [0.4, 0.5) is 5.69 Å². The van der Waals surface area contributed by atoms with Gasteiger partial charge in [0.25, 0.3) is 0 Å². The van der Waals surface area contributed by atoms with E-state index in [1.54, 1.807) is 0 Å². The molecule has 0 spiro atoms. The van der Waals surface area contributed by atoms with Crippen molar-refractivity contribution >= 4 is 27.4 Å². The Morgan fingerprint density at radius 1 is 1.50 bits per heavy atom. The van der Waals surface area contributed by atoms with Gasteiger partial charge in [0.2, 0.25) is 5.78 Å². The highest BCUT2D eigenvalue weighted by atomic mass is 79.9. The molecule has 1 aromatic rings. The van der Waals surface area contributed by atoms with E-state index in [4.69, 9.17) is 4.74 Å². The molecule has 72 valence electrons. The number of ketones is 1. The number of benzene rings is 1. The molecule has 1 aromatic carbocycles. The van der Waals surface area contributed by atoms with Crippen LogP contribution in [-0.4, -0.2) is 25.2 Å². The van der Waals surface area contributed by atoms with Crippen molar-refractivity contribution in [3.8, 4) is 0 Å². The molecule has 2 aliphatic heterocycles. The summed E-state index contributed by atoms with van der Waals surface area (Å²) >= 11 is 3.36. The van der Waals surface area contributed by atoms with Gasteiger partial charge in [-0.05, 0) is 18.2 Å². The van der Waals surface area contributed by atoms with E-state index in [9.17, 15) is 4.79 Å². The van der Waals surface area contributed by atoms with Crippen LogP contribution in [0.1, 0.15) is 10.4 Å². The number of carbonyl (C=O) groups is 1. The summed E-state index contributed by atoms with van der Waals surface area (Å²) in [6.07, 6.45) is -0.362. The third kappa shape index (κ3) is 0.980. The second-order valence-electron chi connectivity index (χ2n) is 3.44. The lowest BCUT2D eigenvalue weighted by Gasteiger charge is -2.14. The smallest absolute Gasteiger partial charge is 0.214 e. The maximum atomic E-state index is 11.8. The largest absolute Gasteiger partial charge is 0.349 e. The van der Waals surface area contributed by atoms with Crippen LogP contribution < -0.4 is 4.90 Å². The highest BCUT2D eigenvalue weighted by Gasteiger charge is 2.41. The van der Waals surface area contributed by atoms with Gasteiger partial charge in [0.1, 0.15) is 0 Å². The Morgan fingerprint density at radius 3 is 3.21 bits per heavy atom. The summed E-state index contributed by atoms with van der Waals surface area (Å²) in [4.78, 5) is 13.9. The first-order valence-electron chi connectivity index (χ1n) is 4.49. The Bertz CT molecular complexity index is 419. The van der Waals surface area contributed by atoms with Gasteiger partial charge in [-0.1, -0.05) is 15.9 Å². The zero-order chi connectivity index (χ0) is 9.71. The Morgan fingerprint density at radius 2 is 2.36 bits per heavy atom. The lowest BCUT2D eigenvalue weighted by molar-refractivity contribution is 0.0673. The third-order valence-corrected chi connectivity index (χ3v) is 3.14. The first-order chi connectivity index (χ1) is 6.77. The molecular weight excluding hydrogens is 246 g/mol. The molecular formula is C10H8BrNO2. The Balaban J connectivity index is 2.17. The van der Waals surface area contributed by atoms with E-state index < -0.39 is 0 Å². The number of ether oxygens (including phenoxy) is 1. The molecule has 2 aliphatic rings. The highest BCUT2D eigenvalue weighted by Crippen LogP contribution is 2.36. The number of hydrogen-bond acceptors (Lipinski definition) is 3. The molecule has 4 heteroatoms. The van der Waals surface area contributed by atoms with E-state index in [-0.39, 0.29) is 12.0 Å². The van der Waals surface area contributed by atoms with Crippen LogP contribution in [-0.2, 0) is 4.74 Å². The van der Waals surface area contributed by atoms with Crippen molar-refractivity contribution in [2.75, 3.05) is 18.1 Å². The molecule has 0 amide bonds. The monoisotopic (exact) mass is 253 g/mol. The number of fused-ring (bicyclic) bond motifs is 3. The molecule has 0 aliphatic carbocycles. The van der Waals surface area contributed by atoms with Crippen molar-refractivity contribution in [2.45, 2.75) is 6.23 Å². The number of carbonyl (C=O) groups excluding carboxylic acids is 1. The summed E-state index contributed by atoms with van der Waals surface area (Å²) in [7, 11) is 0. The summed E-state index contributed by atoms with van der Waals surface area (Å²) in [6.45, 7) is 1.46. The molecule has 0 radical (unpaired) electrons. The zero-order valence-electron chi connectivity index (χ0n) is 7.37. The van der Waals surface area contributed by atoms with E-state index in [1.807, 2.05) is 23.1 Å². The first kappa shape index (κ1) is 8.44. The van der Waals surface area contributed by atoms with Gasteiger partial charge >= 0.3 is 0 Å². The molecule has 2 heterocycles. The van der Waals surface area contributed by atoms with Gasteiger partial charge in [0.05, 0.1) is 12.3 Å². The highest BCUT2D eigenvalue weighted by molar-refractivity contribution is 9.10. The van der Waals surface area contributed by atoms with Crippen LogP contribution >= 0.6 is 15.9 Å². The molecule has 1 saturated heterocycles. The summed E-state index contributed by atoms with van der Waals surface area (Å²) in [6, 6.07) is 5.78. The van der Waals surface area contributed by atoms with Gasteiger partial charge in [0, 0.05) is 16.6 Å². The fraction of sp³-hybridized carbons (Fsp3) is 0.300. The van der Waals surface area contributed by atoms with Crippen LogP contribution in [0.5, 0.6) is 0 Å². The van der Waals surface area contributed by atoms with Gasteiger partial charge in [-0.3, -0.25) is 4.79 Å². The molecule has 0 saturated carbocycles. The van der Waals surface area contributed by atoms with Crippen LogP contribution in [0.2, 0.25) is 0 Å². The minimum atomic E-state index is -0.362. The van der Waals surface area contributed by atoms with Crippen LogP contribution in [0.25, 0.3) is 0 Å². The van der Waals surface area contributed by atoms with Gasteiger partial charge in [0.15, 0.2) is 6.23 Å². The number of halogens is 1. The summed E-state index contributed by atoms with van der Waals surface area (Å²) in [5, 5.41) is 0. The molecule has 3 nitrogen and oxygen atoms in total. The summed E-state index contributed by atoms with van der Waals surface area (Å²) in [5.41, 5.74) is 1.77. The maximum absolute atomic E-state index is 11.8. The minimum Gasteiger partial charge on any atom is -0.349 e. The Kier molecular flexibility index (Phi) is 1.69. The second kappa shape index (κ2) is 2.81.